The minimum atomic E-state index is -0.293. The molecule has 1 saturated carbocycles. The average molecular weight is 258 g/mol. The van der Waals surface area contributed by atoms with Gasteiger partial charge in [0.15, 0.2) is 0 Å². The maximum Gasteiger partial charge on any atom is 0.127 e. The van der Waals surface area contributed by atoms with Gasteiger partial charge in [-0.05, 0) is 43.4 Å². The Hall–Kier alpha value is -0.640. The van der Waals surface area contributed by atoms with Gasteiger partial charge in [-0.1, -0.05) is 17.7 Å². The predicted octanol–water partition coefficient (Wildman–Crippen LogP) is 2.92. The number of hydrogen-bond acceptors (Lipinski definition) is 2. The zero-order valence-electron chi connectivity index (χ0n) is 9.88. The van der Waals surface area contributed by atoms with Gasteiger partial charge in [0.1, 0.15) is 5.82 Å². The summed E-state index contributed by atoms with van der Waals surface area (Å²) < 4.78 is 19.1. The molecule has 1 aromatic carbocycles. The molecule has 1 atom stereocenters. The third-order valence-electron chi connectivity index (χ3n) is 3.74. The highest BCUT2D eigenvalue weighted by atomic mass is 35.5. The first kappa shape index (κ1) is 12.8. The summed E-state index contributed by atoms with van der Waals surface area (Å²) in [5, 5.41) is 0.407. The van der Waals surface area contributed by atoms with Crippen LogP contribution >= 0.6 is 11.6 Å². The first-order valence-corrected chi connectivity index (χ1v) is 6.20. The first-order chi connectivity index (χ1) is 8.07. The second-order valence-electron chi connectivity index (χ2n) is 4.67. The van der Waals surface area contributed by atoms with Gasteiger partial charge in [0, 0.05) is 18.2 Å². The van der Waals surface area contributed by atoms with Crippen LogP contribution in [0.4, 0.5) is 4.39 Å². The van der Waals surface area contributed by atoms with E-state index in [4.69, 9.17) is 22.1 Å². The van der Waals surface area contributed by atoms with Crippen LogP contribution in [0, 0.1) is 5.82 Å². The standard InChI is InChI=1S/C13H17ClFNO/c1-17-13(5-2-6-13)12(16)7-9-3-4-10(14)8-11(9)15/h3-4,8,12H,2,5-7,16H2,1H3. The summed E-state index contributed by atoms with van der Waals surface area (Å²) in [5.74, 6) is -0.293. The van der Waals surface area contributed by atoms with Crippen molar-refractivity contribution in [3.05, 3.63) is 34.6 Å². The Bertz CT molecular complexity index is 401. The zero-order chi connectivity index (χ0) is 12.5. The van der Waals surface area contributed by atoms with Crippen LogP contribution in [0.25, 0.3) is 0 Å². The van der Waals surface area contributed by atoms with Gasteiger partial charge in [0.05, 0.1) is 5.60 Å². The fourth-order valence-electron chi connectivity index (χ4n) is 2.36. The highest BCUT2D eigenvalue weighted by Gasteiger charge is 2.42. The summed E-state index contributed by atoms with van der Waals surface area (Å²) in [6.45, 7) is 0. The summed E-state index contributed by atoms with van der Waals surface area (Å²) in [6, 6.07) is 4.54. The molecule has 0 amide bonds. The van der Waals surface area contributed by atoms with Gasteiger partial charge >= 0.3 is 0 Å². The first-order valence-electron chi connectivity index (χ1n) is 5.82. The SMILES string of the molecule is COC1(C(N)Cc2ccc(Cl)cc2F)CCC1. The van der Waals surface area contributed by atoms with E-state index in [2.05, 4.69) is 0 Å². The maximum absolute atomic E-state index is 13.6. The van der Waals surface area contributed by atoms with Gasteiger partial charge in [-0.3, -0.25) is 0 Å². The van der Waals surface area contributed by atoms with Crippen LogP contribution in [0.5, 0.6) is 0 Å². The Balaban J connectivity index is 2.10. The second-order valence-corrected chi connectivity index (χ2v) is 5.11. The number of rotatable bonds is 4. The molecule has 94 valence electrons. The van der Waals surface area contributed by atoms with E-state index in [-0.39, 0.29) is 17.5 Å². The molecule has 2 nitrogen and oxygen atoms in total. The van der Waals surface area contributed by atoms with Crippen LogP contribution in [0.3, 0.4) is 0 Å². The minimum absolute atomic E-state index is 0.170. The molecule has 0 aliphatic heterocycles. The molecule has 0 radical (unpaired) electrons. The van der Waals surface area contributed by atoms with Crippen LogP contribution < -0.4 is 5.73 Å². The highest BCUT2D eigenvalue weighted by molar-refractivity contribution is 6.30. The quantitative estimate of drug-likeness (QED) is 0.900. The number of hydrogen-bond donors (Lipinski definition) is 1. The summed E-state index contributed by atoms with van der Waals surface area (Å²) in [7, 11) is 1.68. The maximum atomic E-state index is 13.6. The molecule has 17 heavy (non-hydrogen) atoms. The van der Waals surface area contributed by atoms with Crippen molar-refractivity contribution in [1.29, 1.82) is 0 Å². The van der Waals surface area contributed by atoms with Crippen LogP contribution in [0.15, 0.2) is 18.2 Å². The number of methoxy groups -OCH3 is 1. The van der Waals surface area contributed by atoms with Crippen LogP contribution in [-0.4, -0.2) is 18.8 Å². The molecule has 2 N–H and O–H groups in total. The highest BCUT2D eigenvalue weighted by Crippen LogP contribution is 2.38. The smallest absolute Gasteiger partial charge is 0.127 e. The van der Waals surface area contributed by atoms with Crippen molar-refractivity contribution < 1.29 is 9.13 Å². The summed E-state index contributed by atoms with van der Waals surface area (Å²) in [6.07, 6.45) is 3.53. The molecule has 4 heteroatoms. The lowest BCUT2D eigenvalue weighted by atomic mass is 9.73. The van der Waals surface area contributed by atoms with E-state index in [0.717, 1.165) is 19.3 Å². The van der Waals surface area contributed by atoms with Gasteiger partial charge in [0.2, 0.25) is 0 Å². The summed E-state index contributed by atoms with van der Waals surface area (Å²) >= 11 is 5.71. The molecule has 2 rings (SSSR count). The fourth-order valence-corrected chi connectivity index (χ4v) is 2.52. The van der Waals surface area contributed by atoms with Crippen molar-refractivity contribution in [1.82, 2.24) is 0 Å². The molecular formula is C13H17ClFNO. The van der Waals surface area contributed by atoms with Crippen molar-refractivity contribution in [3.8, 4) is 0 Å². The lowest BCUT2D eigenvalue weighted by molar-refractivity contribution is -0.0898. The van der Waals surface area contributed by atoms with Gasteiger partial charge in [-0.2, -0.15) is 0 Å². The average Bonchev–Trinajstić information content (AvgIpc) is 2.21. The predicted molar refractivity (Wildman–Crippen MR) is 66.7 cm³/mol. The fraction of sp³-hybridized carbons (Fsp3) is 0.538. The molecule has 1 aliphatic carbocycles. The molecule has 0 heterocycles. The minimum Gasteiger partial charge on any atom is -0.377 e. The van der Waals surface area contributed by atoms with E-state index >= 15 is 0 Å². The summed E-state index contributed by atoms with van der Waals surface area (Å²) in [4.78, 5) is 0. The van der Waals surface area contributed by atoms with Crippen molar-refractivity contribution in [3.63, 3.8) is 0 Å². The van der Waals surface area contributed by atoms with E-state index in [1.165, 1.54) is 6.07 Å². The van der Waals surface area contributed by atoms with Crippen LogP contribution in [0.2, 0.25) is 5.02 Å². The van der Waals surface area contributed by atoms with E-state index in [0.29, 0.717) is 17.0 Å². The van der Waals surface area contributed by atoms with E-state index < -0.39 is 0 Å². The molecule has 0 saturated heterocycles. The lowest BCUT2D eigenvalue weighted by Crippen LogP contribution is -2.55. The van der Waals surface area contributed by atoms with E-state index in [9.17, 15) is 4.39 Å². The Kier molecular flexibility index (Phi) is 3.71. The topological polar surface area (TPSA) is 35.2 Å². The largest absolute Gasteiger partial charge is 0.377 e. The van der Waals surface area contributed by atoms with E-state index in [1.807, 2.05) is 0 Å². The van der Waals surface area contributed by atoms with E-state index in [1.54, 1.807) is 19.2 Å². The van der Waals surface area contributed by atoms with Crippen molar-refractivity contribution in [2.75, 3.05) is 7.11 Å². The molecule has 0 aromatic heterocycles. The Labute approximate surface area is 106 Å². The number of benzene rings is 1. The molecule has 1 unspecified atom stereocenters. The molecule has 1 aliphatic rings. The zero-order valence-corrected chi connectivity index (χ0v) is 10.6. The Morgan fingerprint density at radius 2 is 2.24 bits per heavy atom. The van der Waals surface area contributed by atoms with Crippen molar-refractivity contribution in [2.45, 2.75) is 37.3 Å². The normalized spacial score (nSPS) is 19.8. The lowest BCUT2D eigenvalue weighted by Gasteiger charge is -2.45. The van der Waals surface area contributed by atoms with Gasteiger partial charge in [-0.15, -0.1) is 0 Å². The Morgan fingerprint density at radius 1 is 1.53 bits per heavy atom. The van der Waals surface area contributed by atoms with Crippen molar-refractivity contribution in [2.24, 2.45) is 5.73 Å². The molecule has 0 bridgehead atoms. The molecule has 1 aromatic rings. The van der Waals surface area contributed by atoms with Crippen molar-refractivity contribution >= 4 is 11.6 Å². The molecule has 1 fully saturated rings. The third kappa shape index (κ3) is 2.46. The number of nitrogens with two attached hydrogens (primary N) is 1. The number of ether oxygens (including phenoxy) is 1. The molecule has 0 spiro atoms. The van der Waals surface area contributed by atoms with Gasteiger partial charge < -0.3 is 10.5 Å². The summed E-state index contributed by atoms with van der Waals surface area (Å²) in [5.41, 5.74) is 6.48. The van der Waals surface area contributed by atoms with Gasteiger partial charge in [0.25, 0.3) is 0 Å². The van der Waals surface area contributed by atoms with Gasteiger partial charge in [-0.25, -0.2) is 4.39 Å². The molecular weight excluding hydrogens is 241 g/mol. The number of halogens is 2. The third-order valence-corrected chi connectivity index (χ3v) is 3.97. The second kappa shape index (κ2) is 4.92. The monoisotopic (exact) mass is 257 g/mol. The van der Waals surface area contributed by atoms with Crippen LogP contribution in [0.1, 0.15) is 24.8 Å². The Morgan fingerprint density at radius 3 is 2.71 bits per heavy atom. The van der Waals surface area contributed by atoms with Crippen LogP contribution in [-0.2, 0) is 11.2 Å².